The van der Waals surface area contributed by atoms with Crippen LogP contribution in [0.15, 0.2) is 53.3 Å². The van der Waals surface area contributed by atoms with E-state index in [0.29, 0.717) is 12.3 Å². The first-order chi connectivity index (χ1) is 9.24. The summed E-state index contributed by atoms with van der Waals surface area (Å²) >= 11 is 3.44. The average molecular weight is 318 g/mol. The van der Waals surface area contributed by atoms with E-state index in [0.717, 1.165) is 21.7 Å². The summed E-state index contributed by atoms with van der Waals surface area (Å²) in [7, 11) is 0. The molecular formula is C14H12BrN3O. The topological polar surface area (TPSA) is 52.5 Å². The summed E-state index contributed by atoms with van der Waals surface area (Å²) in [5, 5.41) is 0. The maximum absolute atomic E-state index is 5.80. The quantitative estimate of drug-likeness (QED) is 0.806. The lowest BCUT2D eigenvalue weighted by molar-refractivity contribution is 0.295. The maximum Gasteiger partial charge on any atom is 0.152 e. The van der Waals surface area contributed by atoms with Gasteiger partial charge < -0.3 is 10.5 Å². The Morgan fingerprint density at radius 3 is 2.74 bits per heavy atom. The summed E-state index contributed by atoms with van der Waals surface area (Å²) in [5.74, 6) is 1.62. The highest BCUT2D eigenvalue weighted by atomic mass is 79.9. The third-order valence-electron chi connectivity index (χ3n) is 2.80. The third kappa shape index (κ3) is 2.42. The second kappa shape index (κ2) is 4.93. The van der Waals surface area contributed by atoms with Crippen molar-refractivity contribution in [1.82, 2.24) is 9.38 Å². The lowest BCUT2D eigenvalue weighted by atomic mass is 10.3. The molecule has 0 bridgehead atoms. The Kier molecular flexibility index (Phi) is 3.13. The van der Waals surface area contributed by atoms with Crippen molar-refractivity contribution in [3.63, 3.8) is 0 Å². The normalized spacial score (nSPS) is 10.8. The maximum atomic E-state index is 5.80. The second-order valence-electron chi connectivity index (χ2n) is 4.14. The molecule has 3 rings (SSSR count). The van der Waals surface area contributed by atoms with E-state index in [9.17, 15) is 0 Å². The Bertz CT molecular complexity index is 709. The van der Waals surface area contributed by atoms with Crippen LogP contribution in [0, 0.1) is 0 Å². The first kappa shape index (κ1) is 12.0. The highest BCUT2D eigenvalue weighted by Gasteiger charge is 2.09. The summed E-state index contributed by atoms with van der Waals surface area (Å²) in [6, 6.07) is 13.4. The van der Waals surface area contributed by atoms with Gasteiger partial charge in [-0.1, -0.05) is 18.2 Å². The van der Waals surface area contributed by atoms with Crippen LogP contribution in [0.25, 0.3) is 5.52 Å². The van der Waals surface area contributed by atoms with Crippen LogP contribution in [0.1, 0.15) is 5.82 Å². The van der Waals surface area contributed by atoms with Crippen molar-refractivity contribution in [2.24, 2.45) is 0 Å². The summed E-state index contributed by atoms with van der Waals surface area (Å²) in [4.78, 5) is 4.45. The highest BCUT2D eigenvalue weighted by molar-refractivity contribution is 9.10. The van der Waals surface area contributed by atoms with E-state index in [4.69, 9.17) is 10.5 Å². The van der Waals surface area contributed by atoms with E-state index < -0.39 is 0 Å². The number of ether oxygens (including phenoxy) is 1. The van der Waals surface area contributed by atoms with Crippen molar-refractivity contribution in [3.05, 3.63) is 59.1 Å². The number of pyridine rings is 1. The van der Waals surface area contributed by atoms with Gasteiger partial charge in [-0.2, -0.15) is 0 Å². The molecule has 0 fully saturated rings. The SMILES string of the molecule is Nc1ccc2c(Br)nc(COc3ccccc3)n2c1. The molecule has 0 aliphatic heterocycles. The summed E-state index contributed by atoms with van der Waals surface area (Å²) in [6.07, 6.45) is 1.84. The molecule has 0 aliphatic rings. The van der Waals surface area contributed by atoms with Crippen molar-refractivity contribution in [2.75, 3.05) is 5.73 Å². The number of nitrogens with two attached hydrogens (primary N) is 1. The molecule has 0 amide bonds. The van der Waals surface area contributed by atoms with Crippen molar-refractivity contribution in [3.8, 4) is 5.75 Å². The van der Waals surface area contributed by atoms with E-state index in [-0.39, 0.29) is 0 Å². The number of halogens is 1. The van der Waals surface area contributed by atoms with Crippen LogP contribution < -0.4 is 10.5 Å². The number of hydrogen-bond acceptors (Lipinski definition) is 3. The number of aromatic nitrogens is 2. The van der Waals surface area contributed by atoms with Gasteiger partial charge in [0.05, 0.1) is 5.52 Å². The molecule has 0 atom stereocenters. The molecule has 5 heteroatoms. The fourth-order valence-electron chi connectivity index (χ4n) is 1.89. The number of rotatable bonds is 3. The van der Waals surface area contributed by atoms with E-state index in [1.54, 1.807) is 0 Å². The summed E-state index contributed by atoms with van der Waals surface area (Å²) < 4.78 is 8.43. The fraction of sp³-hybridized carbons (Fsp3) is 0.0714. The molecule has 2 aromatic heterocycles. The van der Waals surface area contributed by atoms with Crippen LogP contribution in [0.3, 0.4) is 0 Å². The molecule has 4 nitrogen and oxygen atoms in total. The Morgan fingerprint density at radius 2 is 1.95 bits per heavy atom. The molecule has 2 heterocycles. The molecule has 19 heavy (non-hydrogen) atoms. The van der Waals surface area contributed by atoms with Crippen LogP contribution in [0.5, 0.6) is 5.75 Å². The molecule has 0 aliphatic carbocycles. The third-order valence-corrected chi connectivity index (χ3v) is 3.38. The summed E-state index contributed by atoms with van der Waals surface area (Å²) in [6.45, 7) is 0.389. The molecule has 0 spiro atoms. The van der Waals surface area contributed by atoms with Gasteiger partial charge in [-0.05, 0) is 40.2 Å². The van der Waals surface area contributed by atoms with Crippen molar-refractivity contribution in [1.29, 1.82) is 0 Å². The Balaban J connectivity index is 1.91. The van der Waals surface area contributed by atoms with Crippen LogP contribution in [-0.4, -0.2) is 9.38 Å². The Hall–Kier alpha value is -2.01. The van der Waals surface area contributed by atoms with Crippen molar-refractivity contribution < 1.29 is 4.74 Å². The van der Waals surface area contributed by atoms with Gasteiger partial charge in [0.2, 0.25) is 0 Å². The van der Waals surface area contributed by atoms with Gasteiger partial charge in [0.1, 0.15) is 17.0 Å². The Morgan fingerprint density at radius 1 is 1.16 bits per heavy atom. The molecule has 0 unspecified atom stereocenters. The zero-order valence-electron chi connectivity index (χ0n) is 10.1. The van der Waals surface area contributed by atoms with Crippen LogP contribution >= 0.6 is 15.9 Å². The predicted molar refractivity (Wildman–Crippen MR) is 78.1 cm³/mol. The monoisotopic (exact) mass is 317 g/mol. The predicted octanol–water partition coefficient (Wildman–Crippen LogP) is 3.26. The largest absolute Gasteiger partial charge is 0.486 e. The standard InChI is InChI=1S/C14H12BrN3O/c15-14-12-7-6-10(16)8-18(12)13(17-14)9-19-11-4-2-1-3-5-11/h1-8H,9,16H2. The lowest BCUT2D eigenvalue weighted by Crippen LogP contribution is -2.02. The first-order valence-electron chi connectivity index (χ1n) is 5.84. The van der Waals surface area contributed by atoms with Gasteiger partial charge >= 0.3 is 0 Å². The van der Waals surface area contributed by atoms with Gasteiger partial charge in [0.15, 0.2) is 5.82 Å². The van der Waals surface area contributed by atoms with E-state index in [1.807, 2.05) is 53.1 Å². The first-order valence-corrected chi connectivity index (χ1v) is 6.63. The molecule has 1 aromatic carbocycles. The smallest absolute Gasteiger partial charge is 0.152 e. The molecule has 0 saturated carbocycles. The minimum atomic E-state index is 0.389. The number of fused-ring (bicyclic) bond motifs is 1. The van der Waals surface area contributed by atoms with Crippen LogP contribution in [-0.2, 0) is 6.61 Å². The number of benzene rings is 1. The van der Waals surface area contributed by atoms with Crippen LogP contribution in [0.4, 0.5) is 5.69 Å². The average Bonchev–Trinajstić information content (AvgIpc) is 2.74. The van der Waals surface area contributed by atoms with Gasteiger partial charge in [-0.15, -0.1) is 0 Å². The van der Waals surface area contributed by atoms with E-state index in [2.05, 4.69) is 20.9 Å². The minimum Gasteiger partial charge on any atom is -0.486 e. The lowest BCUT2D eigenvalue weighted by Gasteiger charge is -2.05. The number of nitrogen functional groups attached to an aromatic ring is 1. The van der Waals surface area contributed by atoms with Gasteiger partial charge in [0, 0.05) is 11.9 Å². The van der Waals surface area contributed by atoms with Gasteiger partial charge in [0.25, 0.3) is 0 Å². The highest BCUT2D eigenvalue weighted by Crippen LogP contribution is 2.21. The molecular weight excluding hydrogens is 306 g/mol. The molecule has 96 valence electrons. The van der Waals surface area contributed by atoms with Crippen molar-refractivity contribution >= 4 is 27.1 Å². The second-order valence-corrected chi connectivity index (χ2v) is 4.89. The molecule has 0 saturated heterocycles. The number of hydrogen-bond donors (Lipinski definition) is 1. The van der Waals surface area contributed by atoms with Gasteiger partial charge in [-0.25, -0.2) is 4.98 Å². The van der Waals surface area contributed by atoms with Crippen molar-refractivity contribution in [2.45, 2.75) is 6.61 Å². The number of nitrogens with zero attached hydrogens (tertiary/aromatic N) is 2. The molecule has 0 radical (unpaired) electrons. The fourth-order valence-corrected chi connectivity index (χ4v) is 2.42. The zero-order chi connectivity index (χ0) is 13.2. The Labute approximate surface area is 119 Å². The zero-order valence-corrected chi connectivity index (χ0v) is 11.7. The number of para-hydroxylation sites is 1. The number of imidazole rings is 1. The van der Waals surface area contributed by atoms with Gasteiger partial charge in [-0.3, -0.25) is 4.40 Å². The van der Waals surface area contributed by atoms with E-state index in [1.165, 1.54) is 0 Å². The minimum absolute atomic E-state index is 0.389. The molecule has 2 N–H and O–H groups in total. The van der Waals surface area contributed by atoms with Crippen LogP contribution in [0.2, 0.25) is 0 Å². The van der Waals surface area contributed by atoms with E-state index >= 15 is 0 Å². The molecule has 3 aromatic rings. The summed E-state index contributed by atoms with van der Waals surface area (Å²) in [5.41, 5.74) is 7.47. The number of anilines is 1.